The van der Waals surface area contributed by atoms with Gasteiger partial charge in [-0.05, 0) is 25.5 Å². The number of nitrogens with one attached hydrogen (secondary N) is 1. The van der Waals surface area contributed by atoms with Crippen molar-refractivity contribution in [1.82, 2.24) is 4.98 Å². The van der Waals surface area contributed by atoms with Crippen LogP contribution in [0.3, 0.4) is 0 Å². The van der Waals surface area contributed by atoms with Crippen LogP contribution in [0, 0.1) is 5.41 Å². The first-order chi connectivity index (χ1) is 10.6. The van der Waals surface area contributed by atoms with E-state index in [9.17, 15) is 13.2 Å². The molecule has 6 nitrogen and oxygen atoms in total. The lowest BCUT2D eigenvalue weighted by molar-refractivity contribution is -0.123. The van der Waals surface area contributed by atoms with Crippen molar-refractivity contribution in [3.63, 3.8) is 0 Å². The zero-order valence-electron chi connectivity index (χ0n) is 14.2. The Morgan fingerprint density at radius 3 is 2.52 bits per heavy atom. The molecule has 1 saturated heterocycles. The van der Waals surface area contributed by atoms with Crippen LogP contribution in [0.1, 0.15) is 34.1 Å². The normalized spacial score (nSPS) is 20.3. The van der Waals surface area contributed by atoms with Crippen molar-refractivity contribution < 1.29 is 13.2 Å². The highest BCUT2D eigenvalue weighted by Crippen LogP contribution is 2.24. The molecule has 1 aromatic heterocycles. The van der Waals surface area contributed by atoms with Gasteiger partial charge in [0, 0.05) is 18.0 Å². The summed E-state index contributed by atoms with van der Waals surface area (Å²) in [5, 5.41) is 2.83. The van der Waals surface area contributed by atoms with Gasteiger partial charge < -0.3 is 10.2 Å². The molecule has 2 heterocycles. The lowest BCUT2D eigenvalue weighted by Crippen LogP contribution is -2.36. The van der Waals surface area contributed by atoms with E-state index in [0.717, 1.165) is 5.82 Å². The fraction of sp³-hybridized carbons (Fsp3) is 0.625. The molecule has 1 aliphatic heterocycles. The van der Waals surface area contributed by atoms with E-state index >= 15 is 0 Å². The van der Waals surface area contributed by atoms with E-state index in [4.69, 9.17) is 0 Å². The van der Waals surface area contributed by atoms with Gasteiger partial charge in [-0.2, -0.15) is 0 Å². The van der Waals surface area contributed by atoms with Crippen LogP contribution in [-0.4, -0.2) is 43.4 Å². The van der Waals surface area contributed by atoms with Crippen LogP contribution in [0.4, 0.5) is 11.5 Å². The van der Waals surface area contributed by atoms with E-state index in [0.29, 0.717) is 18.7 Å². The van der Waals surface area contributed by atoms with Crippen molar-refractivity contribution in [2.45, 2.75) is 40.2 Å². The van der Waals surface area contributed by atoms with Gasteiger partial charge >= 0.3 is 0 Å². The number of sulfone groups is 1. The van der Waals surface area contributed by atoms with E-state index in [-0.39, 0.29) is 23.5 Å². The van der Waals surface area contributed by atoms with Crippen molar-refractivity contribution in [1.29, 1.82) is 0 Å². The lowest BCUT2D eigenvalue weighted by atomic mass is 9.96. The minimum atomic E-state index is -2.93. The molecule has 0 aromatic carbocycles. The number of hydrogen-bond donors (Lipinski definition) is 1. The number of pyridine rings is 1. The van der Waals surface area contributed by atoms with E-state index < -0.39 is 15.3 Å². The largest absolute Gasteiger partial charge is 0.353 e. The molecule has 1 aliphatic rings. The van der Waals surface area contributed by atoms with Gasteiger partial charge in [0.25, 0.3) is 0 Å². The Labute approximate surface area is 138 Å². The molecule has 128 valence electrons. The van der Waals surface area contributed by atoms with Gasteiger partial charge in [0.15, 0.2) is 9.84 Å². The first kappa shape index (κ1) is 17.7. The zero-order valence-corrected chi connectivity index (χ0v) is 15.0. The second-order valence-corrected chi connectivity index (χ2v) is 9.18. The zero-order chi connectivity index (χ0) is 17.3. The summed E-state index contributed by atoms with van der Waals surface area (Å²) in [5.41, 5.74) is 0.176. The summed E-state index contributed by atoms with van der Waals surface area (Å²) in [6, 6.07) is 3.61. The van der Waals surface area contributed by atoms with Crippen molar-refractivity contribution in [3.8, 4) is 0 Å². The molecule has 0 spiro atoms. The van der Waals surface area contributed by atoms with Crippen molar-refractivity contribution in [2.75, 3.05) is 28.3 Å². The second-order valence-electron chi connectivity index (χ2n) is 6.95. The molecule has 1 unspecified atom stereocenters. The number of aromatic nitrogens is 1. The van der Waals surface area contributed by atoms with Gasteiger partial charge in [0.05, 0.1) is 23.4 Å². The standard InChI is InChI=1S/C16H25N3O3S/c1-5-19(13-8-9-23(21,22)11-13)14-7-6-12(10-17-14)18-15(20)16(2,3)4/h6-7,10,13H,5,8-9,11H2,1-4H3,(H,18,20). The third-order valence-electron chi connectivity index (χ3n) is 3.97. The summed E-state index contributed by atoms with van der Waals surface area (Å²) in [4.78, 5) is 18.4. The molecule has 1 N–H and O–H groups in total. The summed E-state index contributed by atoms with van der Waals surface area (Å²) in [5.74, 6) is 1.10. The van der Waals surface area contributed by atoms with Crippen LogP contribution < -0.4 is 10.2 Å². The molecular formula is C16H25N3O3S. The van der Waals surface area contributed by atoms with Crippen molar-refractivity contribution in [3.05, 3.63) is 18.3 Å². The smallest absolute Gasteiger partial charge is 0.229 e. The number of nitrogens with zero attached hydrogens (tertiary/aromatic N) is 2. The van der Waals surface area contributed by atoms with Crippen LogP contribution in [0.15, 0.2) is 18.3 Å². The molecular weight excluding hydrogens is 314 g/mol. The Hall–Kier alpha value is -1.63. The van der Waals surface area contributed by atoms with E-state index in [1.165, 1.54) is 0 Å². The quantitative estimate of drug-likeness (QED) is 0.908. The lowest BCUT2D eigenvalue weighted by Gasteiger charge is -2.28. The average Bonchev–Trinajstić information content (AvgIpc) is 2.80. The Kier molecular flexibility index (Phi) is 4.98. The predicted molar refractivity (Wildman–Crippen MR) is 92.4 cm³/mol. The van der Waals surface area contributed by atoms with Crippen molar-refractivity contribution in [2.24, 2.45) is 5.41 Å². The molecule has 23 heavy (non-hydrogen) atoms. The summed E-state index contributed by atoms with van der Waals surface area (Å²) in [6.45, 7) is 8.24. The fourth-order valence-corrected chi connectivity index (χ4v) is 4.31. The molecule has 0 bridgehead atoms. The molecule has 1 aromatic rings. The molecule has 0 saturated carbocycles. The monoisotopic (exact) mass is 339 g/mol. The van der Waals surface area contributed by atoms with Crippen LogP contribution in [-0.2, 0) is 14.6 Å². The van der Waals surface area contributed by atoms with Gasteiger partial charge in [0.2, 0.25) is 5.91 Å². The van der Waals surface area contributed by atoms with Crippen LogP contribution in [0.25, 0.3) is 0 Å². The average molecular weight is 339 g/mol. The summed E-state index contributed by atoms with van der Waals surface area (Å²) in [7, 11) is -2.93. The highest BCUT2D eigenvalue weighted by molar-refractivity contribution is 7.91. The summed E-state index contributed by atoms with van der Waals surface area (Å²) < 4.78 is 23.3. The topological polar surface area (TPSA) is 79.4 Å². The van der Waals surface area contributed by atoms with Crippen LogP contribution in [0.2, 0.25) is 0 Å². The molecule has 0 radical (unpaired) electrons. The van der Waals surface area contributed by atoms with Gasteiger partial charge in [-0.3, -0.25) is 4.79 Å². The maximum Gasteiger partial charge on any atom is 0.229 e. The third-order valence-corrected chi connectivity index (χ3v) is 5.72. The SMILES string of the molecule is CCN(c1ccc(NC(=O)C(C)(C)C)cn1)C1CCS(=O)(=O)C1. The highest BCUT2D eigenvalue weighted by atomic mass is 32.2. The summed E-state index contributed by atoms with van der Waals surface area (Å²) in [6.07, 6.45) is 2.26. The first-order valence-corrected chi connectivity index (χ1v) is 9.69. The number of amides is 1. The number of hydrogen-bond acceptors (Lipinski definition) is 5. The second kappa shape index (κ2) is 6.47. The van der Waals surface area contributed by atoms with Crippen LogP contribution in [0.5, 0.6) is 0 Å². The van der Waals surface area contributed by atoms with Gasteiger partial charge in [0.1, 0.15) is 5.82 Å². The minimum Gasteiger partial charge on any atom is -0.353 e. The molecule has 1 amide bonds. The number of anilines is 2. The van der Waals surface area contributed by atoms with Crippen LogP contribution >= 0.6 is 0 Å². The Balaban J connectivity index is 2.10. The summed E-state index contributed by atoms with van der Waals surface area (Å²) >= 11 is 0. The number of carbonyl (C=O) groups excluding carboxylic acids is 1. The van der Waals surface area contributed by atoms with Gasteiger partial charge in [-0.1, -0.05) is 20.8 Å². The Bertz CT molecular complexity index is 663. The van der Waals surface area contributed by atoms with E-state index in [2.05, 4.69) is 10.3 Å². The Morgan fingerprint density at radius 1 is 1.39 bits per heavy atom. The number of rotatable bonds is 4. The molecule has 1 atom stereocenters. The number of carbonyl (C=O) groups is 1. The molecule has 0 aliphatic carbocycles. The highest BCUT2D eigenvalue weighted by Gasteiger charge is 2.32. The maximum absolute atomic E-state index is 12.0. The van der Waals surface area contributed by atoms with E-state index in [1.54, 1.807) is 12.3 Å². The molecule has 1 fully saturated rings. The van der Waals surface area contributed by atoms with Gasteiger partial charge in [-0.25, -0.2) is 13.4 Å². The predicted octanol–water partition coefficient (Wildman–Crippen LogP) is 2.08. The van der Waals surface area contributed by atoms with Crippen molar-refractivity contribution >= 4 is 27.2 Å². The maximum atomic E-state index is 12.0. The van der Waals surface area contributed by atoms with Gasteiger partial charge in [-0.15, -0.1) is 0 Å². The first-order valence-electron chi connectivity index (χ1n) is 7.87. The third kappa shape index (κ3) is 4.43. The van der Waals surface area contributed by atoms with E-state index in [1.807, 2.05) is 38.7 Å². The molecule has 2 rings (SSSR count). The Morgan fingerprint density at radius 2 is 2.09 bits per heavy atom. The fourth-order valence-electron chi connectivity index (χ4n) is 2.58. The molecule has 7 heteroatoms. The minimum absolute atomic E-state index is 0.0208.